The molecule has 4 aromatic rings. The van der Waals surface area contributed by atoms with Crippen LogP contribution < -0.4 is 20.7 Å². The Morgan fingerprint density at radius 1 is 0.585 bits per heavy atom. The molecule has 2 aliphatic heterocycles. The summed E-state index contributed by atoms with van der Waals surface area (Å²) in [6.07, 6.45) is 7.97. The smallest absolute Gasteiger partial charge is 0.261 e. The second-order valence-electron chi connectivity index (χ2n) is 16.1. The van der Waals surface area contributed by atoms with Crippen molar-refractivity contribution in [3.05, 3.63) is 151 Å². The quantitative estimate of drug-likeness (QED) is 0.0764. The van der Waals surface area contributed by atoms with Crippen LogP contribution in [-0.4, -0.2) is 49.4 Å². The Bertz CT molecular complexity index is 2020. The first-order valence-corrected chi connectivity index (χ1v) is 22.7. The number of rotatable bonds is 11. The van der Waals surface area contributed by atoms with Gasteiger partial charge in [-0.15, -0.1) is 0 Å². The lowest BCUT2D eigenvalue weighted by atomic mass is 9.93. The van der Waals surface area contributed by atoms with Crippen LogP contribution in [0.2, 0.25) is 15.2 Å². The lowest BCUT2D eigenvalue weighted by Gasteiger charge is -2.45. The average molecular weight is 758 g/mol. The second kappa shape index (κ2) is 14.9. The Balaban J connectivity index is 1.32. The van der Waals surface area contributed by atoms with Gasteiger partial charge in [-0.2, -0.15) is 0 Å². The number of fused-ring (bicyclic) bond motifs is 1. The molecule has 3 aliphatic rings. The van der Waals surface area contributed by atoms with E-state index in [-0.39, 0.29) is 28.0 Å². The molecular weight excluding hydrogens is 708 g/mol. The van der Waals surface area contributed by atoms with Crippen LogP contribution >= 0.6 is 11.6 Å². The number of halogens is 1. The standard InChI is InChI=1S/C44H49ClN4O2Si2/c1-43(2,3)52(34-19-11-7-12-20-34,35-21-13-8-14-22-35)50-29-33-27-28-39(49-32-48-41(45)40-42(49)47-31-46-40)38(33)30-51-53(44(4,5)6,36-23-15-9-16-24-36)37-25-17-10-18-26-37/h7-28,31-33,38-39H,29-30H2,1-6H3/t33-,38-,39-/m0/s1. The normalized spacial score (nSPS) is 18.1. The highest BCUT2D eigenvalue weighted by atomic mass is 35.5. The minimum absolute atomic E-state index is 0.00254. The predicted octanol–water partition coefficient (Wildman–Crippen LogP) is 7.93. The first-order valence-electron chi connectivity index (χ1n) is 18.5. The van der Waals surface area contributed by atoms with E-state index in [4.69, 9.17) is 20.5 Å². The zero-order chi connectivity index (χ0) is 37.3. The van der Waals surface area contributed by atoms with Crippen molar-refractivity contribution in [3.8, 4) is 11.5 Å². The average Bonchev–Trinajstić information content (AvgIpc) is 3.82. The summed E-state index contributed by atoms with van der Waals surface area (Å²) in [7, 11) is -5.66. The zero-order valence-electron chi connectivity index (χ0n) is 31.5. The molecule has 0 unspecified atom stereocenters. The van der Waals surface area contributed by atoms with Gasteiger partial charge in [0.25, 0.3) is 16.6 Å². The summed E-state index contributed by atoms with van der Waals surface area (Å²) in [5.41, 5.74) is 0.598. The molecule has 6 nitrogen and oxygen atoms in total. The molecule has 2 heterocycles. The van der Waals surface area contributed by atoms with Crippen LogP contribution in [0, 0.1) is 11.8 Å². The van der Waals surface area contributed by atoms with Gasteiger partial charge in [-0.1, -0.05) is 187 Å². The molecule has 3 atom stereocenters. The Morgan fingerprint density at radius 2 is 1.02 bits per heavy atom. The van der Waals surface area contributed by atoms with Crippen LogP contribution in [0.1, 0.15) is 47.6 Å². The van der Waals surface area contributed by atoms with Crippen molar-refractivity contribution in [1.29, 1.82) is 0 Å². The summed E-state index contributed by atoms with van der Waals surface area (Å²) in [6.45, 7) is 15.0. The maximum Gasteiger partial charge on any atom is 0.261 e. The van der Waals surface area contributed by atoms with Crippen molar-refractivity contribution in [2.75, 3.05) is 13.2 Å². The van der Waals surface area contributed by atoms with Gasteiger partial charge in [0.05, 0.1) is 12.4 Å². The van der Waals surface area contributed by atoms with Crippen molar-refractivity contribution in [2.24, 2.45) is 11.8 Å². The summed E-state index contributed by atoms with van der Waals surface area (Å²) in [5.74, 6) is 0.757. The van der Waals surface area contributed by atoms with Gasteiger partial charge in [0.1, 0.15) is 12.0 Å². The third kappa shape index (κ3) is 6.76. The molecule has 4 aromatic carbocycles. The number of benzene rings is 4. The van der Waals surface area contributed by atoms with E-state index in [1.165, 1.54) is 20.7 Å². The highest BCUT2D eigenvalue weighted by molar-refractivity contribution is 7.00. The Labute approximate surface area is 321 Å². The molecule has 0 amide bonds. The predicted molar refractivity (Wildman–Crippen MR) is 222 cm³/mol. The van der Waals surface area contributed by atoms with Gasteiger partial charge in [-0.05, 0) is 30.8 Å². The van der Waals surface area contributed by atoms with Crippen LogP contribution in [-0.2, 0) is 8.85 Å². The van der Waals surface area contributed by atoms with E-state index in [1.807, 2.05) is 0 Å². The Morgan fingerprint density at radius 3 is 1.45 bits per heavy atom. The van der Waals surface area contributed by atoms with Gasteiger partial charge in [0, 0.05) is 25.0 Å². The fourth-order valence-electron chi connectivity index (χ4n) is 8.50. The third-order valence-electron chi connectivity index (χ3n) is 11.0. The van der Waals surface area contributed by atoms with E-state index >= 15 is 0 Å². The Hall–Kier alpha value is -4.19. The summed E-state index contributed by atoms with van der Waals surface area (Å²) in [6, 6.07) is 43.3. The van der Waals surface area contributed by atoms with E-state index in [1.54, 1.807) is 12.7 Å². The van der Waals surface area contributed by atoms with Crippen LogP contribution in [0.3, 0.4) is 0 Å². The lowest BCUT2D eigenvalue weighted by molar-refractivity contribution is 0.142. The van der Waals surface area contributed by atoms with Crippen molar-refractivity contribution in [2.45, 2.75) is 57.7 Å². The van der Waals surface area contributed by atoms with E-state index in [9.17, 15) is 0 Å². The molecule has 0 spiro atoms. The van der Waals surface area contributed by atoms with E-state index in [0.29, 0.717) is 29.9 Å². The van der Waals surface area contributed by atoms with E-state index in [2.05, 4.69) is 195 Å². The largest absolute Gasteiger partial charge is 0.407 e. The van der Waals surface area contributed by atoms with Gasteiger partial charge < -0.3 is 13.4 Å². The minimum Gasteiger partial charge on any atom is -0.407 e. The molecule has 7 rings (SSSR count). The lowest BCUT2D eigenvalue weighted by Crippen LogP contribution is -2.67. The number of imidazole rings is 1. The molecule has 0 saturated carbocycles. The molecule has 53 heavy (non-hydrogen) atoms. The number of hydrogen-bond acceptors (Lipinski definition) is 5. The SMILES string of the molecule is CC(C)(C)[Si](OC[C@H]1[C@H](CO[Si](c2ccccc2)(c2ccccc2)C(C)(C)C)C=C[C@@H]1n1cnc(Cl)c2ncnc1-2)(c1ccccc1)c1ccccc1. The van der Waals surface area contributed by atoms with Crippen LogP contribution in [0.4, 0.5) is 0 Å². The van der Waals surface area contributed by atoms with Gasteiger partial charge in [0.15, 0.2) is 11.0 Å². The molecule has 0 aromatic heterocycles. The maximum absolute atomic E-state index is 7.68. The molecule has 0 radical (unpaired) electrons. The van der Waals surface area contributed by atoms with Gasteiger partial charge in [0.2, 0.25) is 0 Å². The molecule has 1 aliphatic carbocycles. The first-order chi connectivity index (χ1) is 25.5. The number of aromatic nitrogens is 4. The number of hydrogen-bond donors (Lipinski definition) is 0. The first kappa shape index (κ1) is 37.1. The van der Waals surface area contributed by atoms with Gasteiger partial charge >= 0.3 is 0 Å². The topological polar surface area (TPSA) is 62.1 Å². The van der Waals surface area contributed by atoms with Gasteiger partial charge in [-0.25, -0.2) is 15.0 Å². The fourth-order valence-corrected chi connectivity index (χ4v) is 17.9. The van der Waals surface area contributed by atoms with Crippen LogP contribution in [0.15, 0.2) is 146 Å². The summed E-state index contributed by atoms with van der Waals surface area (Å²) in [5, 5.41) is 5.08. The number of nitrogens with zero attached hydrogens (tertiary/aromatic N) is 4. The summed E-state index contributed by atoms with van der Waals surface area (Å²) >= 11 is 6.53. The maximum atomic E-state index is 7.68. The molecule has 0 saturated heterocycles. The summed E-state index contributed by atoms with van der Waals surface area (Å²) in [4.78, 5) is 13.7. The second-order valence-corrected chi connectivity index (χ2v) is 25.1. The molecular formula is C44H49ClN4O2Si2. The van der Waals surface area contributed by atoms with Gasteiger partial charge in [-0.3, -0.25) is 0 Å². The highest BCUT2D eigenvalue weighted by Gasteiger charge is 2.53. The number of allylic oxidation sites excluding steroid dienone is 1. The highest BCUT2D eigenvalue weighted by Crippen LogP contribution is 2.43. The fraction of sp³-hybridized carbons (Fsp3) is 0.295. The third-order valence-corrected chi connectivity index (χ3v) is 21.3. The Kier molecular flexibility index (Phi) is 10.5. The minimum atomic E-state index is -2.86. The van der Waals surface area contributed by atoms with Crippen LogP contribution in [0.25, 0.3) is 11.5 Å². The molecule has 0 N–H and O–H groups in total. The molecule has 9 heteroatoms. The van der Waals surface area contributed by atoms with E-state index in [0.717, 1.165) is 0 Å². The monoisotopic (exact) mass is 756 g/mol. The molecule has 0 fully saturated rings. The molecule has 272 valence electrons. The van der Waals surface area contributed by atoms with Crippen LogP contribution in [0.5, 0.6) is 0 Å². The van der Waals surface area contributed by atoms with Crippen molar-refractivity contribution in [1.82, 2.24) is 19.5 Å². The van der Waals surface area contributed by atoms with Crippen molar-refractivity contribution < 1.29 is 8.85 Å². The molecule has 0 bridgehead atoms. The van der Waals surface area contributed by atoms with E-state index < -0.39 is 16.6 Å². The van der Waals surface area contributed by atoms with Crippen molar-refractivity contribution in [3.63, 3.8) is 0 Å². The van der Waals surface area contributed by atoms with Crippen molar-refractivity contribution >= 4 is 49.0 Å². The zero-order valence-corrected chi connectivity index (χ0v) is 34.2. The summed E-state index contributed by atoms with van der Waals surface area (Å²) < 4.78 is 17.4.